The second-order valence-corrected chi connectivity index (χ2v) is 7.54. The Bertz CT molecular complexity index is 814. The Hall–Kier alpha value is -1.99. The molecule has 1 aliphatic rings. The lowest BCUT2D eigenvalue weighted by molar-refractivity contribution is 0.0937. The molecule has 4 rings (SSSR count). The minimum Gasteiger partial charge on any atom is -0.335 e. The Morgan fingerprint density at radius 2 is 1.88 bits per heavy atom. The third-order valence-electron chi connectivity index (χ3n) is 4.05. The van der Waals surface area contributed by atoms with Crippen LogP contribution >= 0.6 is 22.7 Å². The zero-order chi connectivity index (χ0) is 16.4. The molecule has 1 aliphatic heterocycles. The first kappa shape index (κ1) is 15.5. The molecular weight excluding hydrogens is 338 g/mol. The minimum absolute atomic E-state index is 0.0324. The minimum atomic E-state index is -0.0738. The van der Waals surface area contributed by atoms with E-state index < -0.39 is 0 Å². The van der Waals surface area contributed by atoms with E-state index >= 15 is 0 Å². The van der Waals surface area contributed by atoms with Crippen LogP contribution < -0.4 is 16.2 Å². The zero-order valence-corrected chi connectivity index (χ0v) is 14.5. The van der Waals surface area contributed by atoms with Gasteiger partial charge in [0.1, 0.15) is 0 Å². The van der Waals surface area contributed by atoms with Crippen LogP contribution in [0, 0.1) is 0 Å². The van der Waals surface area contributed by atoms with Gasteiger partial charge in [-0.1, -0.05) is 36.4 Å². The quantitative estimate of drug-likeness (QED) is 0.668. The zero-order valence-electron chi connectivity index (χ0n) is 12.9. The average molecular weight is 355 g/mol. The average Bonchev–Trinajstić information content (AvgIpc) is 3.36. The maximum atomic E-state index is 12.7. The summed E-state index contributed by atoms with van der Waals surface area (Å²) in [6.45, 7) is 0. The summed E-state index contributed by atoms with van der Waals surface area (Å²) in [7, 11) is 0. The van der Waals surface area contributed by atoms with E-state index in [0.29, 0.717) is 0 Å². The van der Waals surface area contributed by atoms with Crippen molar-refractivity contribution in [1.82, 2.24) is 16.2 Å². The molecule has 3 N–H and O–H groups in total. The van der Waals surface area contributed by atoms with Gasteiger partial charge in [0.25, 0.3) is 5.91 Å². The Labute approximate surface area is 148 Å². The maximum absolute atomic E-state index is 12.7. The highest BCUT2D eigenvalue weighted by atomic mass is 32.1. The smallest absolute Gasteiger partial charge is 0.263 e. The molecule has 24 heavy (non-hydrogen) atoms. The highest BCUT2D eigenvalue weighted by Crippen LogP contribution is 2.29. The first-order valence-corrected chi connectivity index (χ1v) is 9.55. The fraction of sp³-hybridized carbons (Fsp3) is 0.167. The number of hydrazine groups is 1. The summed E-state index contributed by atoms with van der Waals surface area (Å²) in [5.74, 6) is -0.0324. The van der Waals surface area contributed by atoms with E-state index in [9.17, 15) is 4.79 Å². The van der Waals surface area contributed by atoms with Crippen molar-refractivity contribution in [1.29, 1.82) is 0 Å². The standard InChI is InChI=1S/C18H17N3OS2/c22-18(17-13(8-10-24-17)12-5-2-1-3-6-12)19-16-11-14(20-21-16)15-7-4-9-23-15/h1-10,14,16,20-21H,11H2,(H,19,22). The molecule has 1 saturated heterocycles. The molecular formula is C18H17N3OS2. The van der Waals surface area contributed by atoms with Crippen molar-refractivity contribution in [2.24, 2.45) is 0 Å². The molecule has 6 heteroatoms. The predicted octanol–water partition coefficient (Wildman–Crippen LogP) is 3.77. The SMILES string of the molecule is O=C(NC1CC(c2cccs2)NN1)c1sccc1-c1ccccc1. The van der Waals surface area contributed by atoms with Crippen LogP contribution in [0.15, 0.2) is 59.3 Å². The Morgan fingerprint density at radius 3 is 2.67 bits per heavy atom. The van der Waals surface area contributed by atoms with E-state index in [2.05, 4.69) is 27.6 Å². The predicted molar refractivity (Wildman–Crippen MR) is 99.0 cm³/mol. The highest BCUT2D eigenvalue weighted by Gasteiger charge is 2.27. The van der Waals surface area contributed by atoms with E-state index in [1.54, 1.807) is 11.3 Å². The van der Waals surface area contributed by atoms with Crippen molar-refractivity contribution in [3.63, 3.8) is 0 Å². The molecule has 2 unspecified atom stereocenters. The van der Waals surface area contributed by atoms with Gasteiger partial charge in [-0.3, -0.25) is 4.79 Å². The molecule has 0 bridgehead atoms. The van der Waals surface area contributed by atoms with E-state index in [1.807, 2.05) is 47.8 Å². The monoisotopic (exact) mass is 355 g/mol. The van der Waals surface area contributed by atoms with Gasteiger partial charge >= 0.3 is 0 Å². The van der Waals surface area contributed by atoms with Crippen molar-refractivity contribution in [2.75, 3.05) is 0 Å². The number of carbonyl (C=O) groups is 1. The number of carbonyl (C=O) groups excluding carboxylic acids is 1. The fourth-order valence-electron chi connectivity index (χ4n) is 2.88. The van der Waals surface area contributed by atoms with Gasteiger partial charge in [0.2, 0.25) is 0 Å². The van der Waals surface area contributed by atoms with Gasteiger partial charge in [0.15, 0.2) is 0 Å². The summed E-state index contributed by atoms with van der Waals surface area (Å²) in [4.78, 5) is 14.7. The Kier molecular flexibility index (Phi) is 4.44. The van der Waals surface area contributed by atoms with Gasteiger partial charge in [0, 0.05) is 16.9 Å². The van der Waals surface area contributed by atoms with Crippen molar-refractivity contribution in [2.45, 2.75) is 18.6 Å². The molecule has 122 valence electrons. The summed E-state index contributed by atoms with van der Waals surface area (Å²) in [5, 5.41) is 7.12. The van der Waals surface area contributed by atoms with Crippen molar-refractivity contribution < 1.29 is 4.79 Å². The van der Waals surface area contributed by atoms with Crippen LogP contribution in [0.5, 0.6) is 0 Å². The van der Waals surface area contributed by atoms with Gasteiger partial charge in [-0.15, -0.1) is 22.7 Å². The Balaban J connectivity index is 1.45. The number of benzene rings is 1. The molecule has 0 spiro atoms. The molecule has 3 heterocycles. The van der Waals surface area contributed by atoms with Crippen molar-refractivity contribution >= 4 is 28.6 Å². The second-order valence-electron chi connectivity index (χ2n) is 5.65. The molecule has 0 aliphatic carbocycles. The topological polar surface area (TPSA) is 53.2 Å². The number of nitrogens with one attached hydrogen (secondary N) is 3. The number of amides is 1. The normalized spacial score (nSPS) is 20.2. The van der Waals surface area contributed by atoms with E-state index in [0.717, 1.165) is 22.4 Å². The molecule has 1 aromatic carbocycles. The van der Waals surface area contributed by atoms with Crippen LogP contribution in [0.1, 0.15) is 27.0 Å². The van der Waals surface area contributed by atoms with Crippen LogP contribution in [0.25, 0.3) is 11.1 Å². The van der Waals surface area contributed by atoms with Crippen molar-refractivity contribution in [3.05, 3.63) is 69.0 Å². The van der Waals surface area contributed by atoms with Gasteiger partial charge in [-0.2, -0.15) is 0 Å². The summed E-state index contributed by atoms with van der Waals surface area (Å²) in [6.07, 6.45) is 0.758. The van der Waals surface area contributed by atoms with Crippen LogP contribution in [-0.4, -0.2) is 12.1 Å². The lowest BCUT2D eigenvalue weighted by atomic mass is 10.1. The third-order valence-corrected chi connectivity index (χ3v) is 5.95. The van der Waals surface area contributed by atoms with Gasteiger partial charge in [-0.05, 0) is 28.5 Å². The number of thiophene rings is 2. The molecule has 4 nitrogen and oxygen atoms in total. The van der Waals surface area contributed by atoms with Crippen LogP contribution in [0.4, 0.5) is 0 Å². The van der Waals surface area contributed by atoms with E-state index in [1.165, 1.54) is 16.2 Å². The Morgan fingerprint density at radius 1 is 1.00 bits per heavy atom. The molecule has 1 fully saturated rings. The number of hydrogen-bond acceptors (Lipinski definition) is 5. The fourth-order valence-corrected chi connectivity index (χ4v) is 4.49. The first-order chi connectivity index (χ1) is 11.8. The maximum Gasteiger partial charge on any atom is 0.263 e. The molecule has 2 aromatic heterocycles. The van der Waals surface area contributed by atoms with E-state index in [4.69, 9.17) is 0 Å². The number of rotatable bonds is 4. The largest absolute Gasteiger partial charge is 0.335 e. The van der Waals surface area contributed by atoms with Gasteiger partial charge in [-0.25, -0.2) is 10.9 Å². The summed E-state index contributed by atoms with van der Waals surface area (Å²) < 4.78 is 0. The molecule has 3 aromatic rings. The summed E-state index contributed by atoms with van der Waals surface area (Å²) >= 11 is 3.20. The molecule has 2 atom stereocenters. The van der Waals surface area contributed by atoms with Gasteiger partial charge in [0.05, 0.1) is 17.1 Å². The molecule has 0 radical (unpaired) electrons. The first-order valence-electron chi connectivity index (χ1n) is 7.79. The lowest BCUT2D eigenvalue weighted by Gasteiger charge is -2.12. The third kappa shape index (κ3) is 3.14. The van der Waals surface area contributed by atoms with E-state index in [-0.39, 0.29) is 18.1 Å². The highest BCUT2D eigenvalue weighted by molar-refractivity contribution is 7.12. The summed E-state index contributed by atoms with van der Waals surface area (Å²) in [6, 6.07) is 16.4. The number of hydrogen-bond donors (Lipinski definition) is 3. The second kappa shape index (κ2) is 6.86. The van der Waals surface area contributed by atoms with Crippen LogP contribution in [0.2, 0.25) is 0 Å². The van der Waals surface area contributed by atoms with Crippen LogP contribution in [-0.2, 0) is 0 Å². The van der Waals surface area contributed by atoms with Crippen LogP contribution in [0.3, 0.4) is 0 Å². The lowest BCUT2D eigenvalue weighted by Crippen LogP contribution is -2.44. The molecule has 0 saturated carbocycles. The summed E-state index contributed by atoms with van der Waals surface area (Å²) in [5.41, 5.74) is 8.48. The van der Waals surface area contributed by atoms with Crippen molar-refractivity contribution in [3.8, 4) is 11.1 Å². The molecule has 1 amide bonds. The van der Waals surface area contributed by atoms with Gasteiger partial charge < -0.3 is 5.32 Å².